The minimum Gasteiger partial charge on any atom is -0.463 e. The monoisotopic (exact) mass is 595 g/mol. The van der Waals surface area contributed by atoms with Crippen LogP contribution in [-0.2, 0) is 54.0 Å². The maximum absolute atomic E-state index is 13.1. The average Bonchev–Trinajstić information content (AvgIpc) is 3.14. The van der Waals surface area contributed by atoms with E-state index in [1.165, 1.54) is 11.5 Å². The van der Waals surface area contributed by atoms with Gasteiger partial charge in [0.05, 0.1) is 12.1 Å². The highest BCUT2D eigenvalue weighted by Crippen LogP contribution is 2.41. The molecule has 5 atom stereocenters. The van der Waals surface area contributed by atoms with Crippen molar-refractivity contribution in [2.24, 2.45) is 0 Å². The van der Waals surface area contributed by atoms with E-state index in [-0.39, 0.29) is 18.9 Å². The Morgan fingerprint density at radius 2 is 1.58 bits per heavy atom. The lowest BCUT2D eigenvalue weighted by atomic mass is 9.96. The summed E-state index contributed by atoms with van der Waals surface area (Å²) in [6, 6.07) is 5.36. The number of cyclic esters (lactones) is 1. The first kappa shape index (κ1) is 27.6. The van der Waals surface area contributed by atoms with Gasteiger partial charge in [-0.3, -0.25) is 19.2 Å². The largest absolute Gasteiger partial charge is 0.463 e. The first-order valence-corrected chi connectivity index (χ1v) is 12.6. The summed E-state index contributed by atoms with van der Waals surface area (Å²) in [5.74, 6) is -3.47. The van der Waals surface area contributed by atoms with E-state index in [2.05, 4.69) is 15.9 Å². The predicted molar refractivity (Wildman–Crippen MR) is 131 cm³/mol. The number of carbonyl (C=O) groups excluding carboxylic acids is 5. The van der Waals surface area contributed by atoms with Gasteiger partial charge in [0.1, 0.15) is 18.4 Å². The van der Waals surface area contributed by atoms with E-state index < -0.39 is 60.5 Å². The number of carbonyl (C=O) groups is 5. The van der Waals surface area contributed by atoms with Gasteiger partial charge in [0.2, 0.25) is 0 Å². The number of fused-ring (bicyclic) bond motifs is 3. The molecule has 0 amide bonds. The molecule has 13 heteroatoms. The van der Waals surface area contributed by atoms with E-state index in [9.17, 15) is 24.0 Å². The van der Waals surface area contributed by atoms with Crippen LogP contribution < -0.4 is 0 Å². The third-order valence-corrected chi connectivity index (χ3v) is 6.56. The normalized spacial score (nSPS) is 24.7. The van der Waals surface area contributed by atoms with E-state index in [1.807, 2.05) is 6.07 Å². The van der Waals surface area contributed by atoms with E-state index in [4.69, 9.17) is 28.4 Å². The van der Waals surface area contributed by atoms with Crippen molar-refractivity contribution in [1.82, 2.24) is 4.57 Å². The molecule has 1 aromatic heterocycles. The van der Waals surface area contributed by atoms with Crippen molar-refractivity contribution < 1.29 is 52.4 Å². The summed E-state index contributed by atoms with van der Waals surface area (Å²) in [6.07, 6.45) is -6.06. The van der Waals surface area contributed by atoms with Gasteiger partial charge in [-0.2, -0.15) is 0 Å². The van der Waals surface area contributed by atoms with Gasteiger partial charge in [0.15, 0.2) is 24.5 Å². The fraction of sp³-hybridized carbons (Fsp3) is 0.480. The molecule has 12 nitrogen and oxygen atoms in total. The lowest BCUT2D eigenvalue weighted by molar-refractivity contribution is -0.267. The van der Waals surface area contributed by atoms with Gasteiger partial charge >= 0.3 is 29.8 Å². The molecule has 0 radical (unpaired) electrons. The molecule has 4 rings (SSSR count). The Morgan fingerprint density at radius 3 is 2.21 bits per heavy atom. The van der Waals surface area contributed by atoms with E-state index in [0.717, 1.165) is 30.6 Å². The molecule has 3 heterocycles. The van der Waals surface area contributed by atoms with Gasteiger partial charge < -0.3 is 33.0 Å². The molecule has 0 unspecified atom stereocenters. The van der Waals surface area contributed by atoms with E-state index in [0.29, 0.717) is 17.5 Å². The van der Waals surface area contributed by atoms with Crippen molar-refractivity contribution in [2.45, 2.75) is 64.8 Å². The molecule has 0 aliphatic carbocycles. The summed E-state index contributed by atoms with van der Waals surface area (Å²) < 4.78 is 35.6. The minimum absolute atomic E-state index is 0.172. The van der Waals surface area contributed by atoms with Crippen LogP contribution in [0.3, 0.4) is 0 Å². The molecule has 1 fully saturated rings. The van der Waals surface area contributed by atoms with Gasteiger partial charge in [0, 0.05) is 44.0 Å². The maximum atomic E-state index is 13.1. The Hall–Kier alpha value is -3.45. The first-order valence-electron chi connectivity index (χ1n) is 11.8. The zero-order valence-corrected chi connectivity index (χ0v) is 22.6. The first-order chi connectivity index (χ1) is 18.0. The fourth-order valence-electron chi connectivity index (χ4n) is 4.82. The van der Waals surface area contributed by atoms with Gasteiger partial charge in [-0.15, -0.1) is 0 Å². The van der Waals surface area contributed by atoms with Crippen molar-refractivity contribution in [2.75, 3.05) is 13.2 Å². The van der Waals surface area contributed by atoms with Gasteiger partial charge in [-0.25, -0.2) is 4.79 Å². The third kappa shape index (κ3) is 5.53. The maximum Gasteiger partial charge on any atom is 0.355 e. The Bertz CT molecular complexity index is 1300. The molecule has 1 saturated heterocycles. The summed E-state index contributed by atoms with van der Waals surface area (Å²) in [5.41, 5.74) is 1.42. The highest BCUT2D eigenvalue weighted by atomic mass is 79.9. The lowest BCUT2D eigenvalue weighted by Gasteiger charge is -2.45. The average molecular weight is 596 g/mol. The fourth-order valence-corrected chi connectivity index (χ4v) is 5.18. The number of nitrogens with zero attached hydrogens (tertiary/aromatic N) is 1. The van der Waals surface area contributed by atoms with Crippen LogP contribution in [0.15, 0.2) is 22.7 Å². The van der Waals surface area contributed by atoms with Gasteiger partial charge in [0.25, 0.3) is 0 Å². The van der Waals surface area contributed by atoms with Crippen LogP contribution in [0.25, 0.3) is 10.9 Å². The van der Waals surface area contributed by atoms with E-state index in [1.54, 1.807) is 12.1 Å². The van der Waals surface area contributed by atoms with Crippen LogP contribution in [-0.4, -0.2) is 72.0 Å². The van der Waals surface area contributed by atoms with Crippen LogP contribution in [0.1, 0.15) is 50.0 Å². The molecule has 2 aromatic rings. The number of aromatic nitrogens is 1. The number of ether oxygens (including phenoxy) is 6. The van der Waals surface area contributed by atoms with Gasteiger partial charge in [-0.1, -0.05) is 15.9 Å². The second-order valence-corrected chi connectivity index (χ2v) is 9.75. The number of benzene rings is 1. The molecule has 1 aromatic carbocycles. The highest BCUT2D eigenvalue weighted by molar-refractivity contribution is 9.10. The Morgan fingerprint density at radius 1 is 0.947 bits per heavy atom. The lowest BCUT2D eigenvalue weighted by Crippen LogP contribution is -2.60. The zero-order valence-electron chi connectivity index (χ0n) is 21.1. The number of hydrogen-bond donors (Lipinski definition) is 0. The summed E-state index contributed by atoms with van der Waals surface area (Å²) in [6.45, 7) is 4.42. The van der Waals surface area contributed by atoms with Gasteiger partial charge in [-0.05, 0) is 23.8 Å². The van der Waals surface area contributed by atoms with Crippen LogP contribution >= 0.6 is 15.9 Å². The summed E-state index contributed by atoms with van der Waals surface area (Å²) >= 11 is 3.46. The summed E-state index contributed by atoms with van der Waals surface area (Å²) in [4.78, 5) is 61.1. The van der Waals surface area contributed by atoms with Crippen LogP contribution in [0, 0.1) is 0 Å². The molecule has 0 N–H and O–H groups in total. The molecule has 0 saturated carbocycles. The molecule has 0 spiro atoms. The second kappa shape index (κ2) is 11.1. The quantitative estimate of drug-likeness (QED) is 0.358. The molecule has 38 heavy (non-hydrogen) atoms. The third-order valence-electron chi connectivity index (χ3n) is 6.07. The molecular formula is C25H26BrNO11. The Labute approximate surface area is 225 Å². The number of halogens is 1. The molecular weight excluding hydrogens is 570 g/mol. The van der Waals surface area contributed by atoms with Crippen LogP contribution in [0.4, 0.5) is 0 Å². The summed E-state index contributed by atoms with van der Waals surface area (Å²) in [7, 11) is 0. The number of esters is 5. The van der Waals surface area contributed by atoms with Crippen molar-refractivity contribution >= 4 is 56.7 Å². The van der Waals surface area contributed by atoms with Crippen molar-refractivity contribution in [1.29, 1.82) is 0 Å². The summed E-state index contributed by atoms with van der Waals surface area (Å²) in [5, 5.41) is 0.735. The second-order valence-electron chi connectivity index (χ2n) is 8.83. The van der Waals surface area contributed by atoms with Crippen LogP contribution in [0.2, 0.25) is 0 Å². The molecule has 2 aliphatic heterocycles. The Kier molecular flexibility index (Phi) is 8.07. The smallest absolute Gasteiger partial charge is 0.355 e. The number of hydrogen-bond acceptors (Lipinski definition) is 11. The van der Waals surface area contributed by atoms with Crippen molar-refractivity contribution in [3.8, 4) is 0 Å². The minimum atomic E-state index is -1.37. The Balaban J connectivity index is 1.95. The predicted octanol–water partition coefficient (Wildman–Crippen LogP) is 2.37. The standard InChI is InChI=1S/C25H26BrNO11/c1-11(28)34-10-19-21(35-12(2)29)22(36-13(3)30)23(37-14(4)31)24(38-19)27-18-6-5-15(26)9-17(18)16-7-8-33-25(32)20(16)27/h5-6,9,19,21-24H,7-8,10H2,1-4H3/t19-,21-,22+,23-,24-/m1/s1. The zero-order chi connectivity index (χ0) is 27.7. The SMILES string of the molecule is CC(=O)OC[C@H]1O[C@@H](n2c3c(c4cc(Br)ccc42)CCOC3=O)[C@H](OC(C)=O)[C@@H](OC(C)=O)[C@@H]1OC(C)=O. The highest BCUT2D eigenvalue weighted by Gasteiger charge is 2.54. The van der Waals surface area contributed by atoms with E-state index >= 15 is 0 Å². The molecule has 2 aliphatic rings. The topological polar surface area (TPSA) is 146 Å². The van der Waals surface area contributed by atoms with Crippen molar-refractivity contribution in [3.05, 3.63) is 33.9 Å². The number of rotatable bonds is 6. The molecule has 0 bridgehead atoms. The molecule has 204 valence electrons. The van der Waals surface area contributed by atoms with Crippen LogP contribution in [0.5, 0.6) is 0 Å². The van der Waals surface area contributed by atoms with Crippen molar-refractivity contribution in [3.63, 3.8) is 0 Å².